The third-order valence-corrected chi connectivity index (χ3v) is 17.7. The summed E-state index contributed by atoms with van der Waals surface area (Å²) in [4.78, 5) is 15.1. The van der Waals surface area contributed by atoms with Crippen LogP contribution in [0, 0.1) is 50.7 Å². The number of carbonyl (C=O) groups excluding carboxylic acids is 1. The van der Waals surface area contributed by atoms with Crippen LogP contribution in [-0.2, 0) is 23.7 Å². The van der Waals surface area contributed by atoms with Crippen molar-refractivity contribution in [3.63, 3.8) is 0 Å². The van der Waals surface area contributed by atoms with E-state index in [0.717, 1.165) is 12.0 Å². The molecule has 16 nitrogen and oxygen atoms in total. The standard InChI is InChI=1S/C42H68O16/c1-19-9-12-42(36(53)58-35-31(29(50)27(48)23(17-44)56-35)57-34-30(51)28(49)26(47)22(16-43)55-34)14-13-39(4)20(32(42)41(19,6)54)7-8-25-37(2)15-21(46)33(52)38(3,18-45)24(37)10-11-40(25,39)5/h7,19,21-35,43-52,54H,8-18H2,1-6H3/t19-,21-,22-,23-,24-,25-,26-,27-,28+,29+,30-,31-,32-,33+,34+,35+,37+,38-,39-,40-,41-,42+/m1/s1. The molecule has 7 rings (SSSR count). The van der Waals surface area contributed by atoms with Crippen molar-refractivity contribution in [2.45, 2.75) is 172 Å². The van der Waals surface area contributed by atoms with Crippen LogP contribution < -0.4 is 0 Å². The summed E-state index contributed by atoms with van der Waals surface area (Å²) in [6.07, 6.45) is -12.9. The Bertz CT molecular complexity index is 1570. The molecule has 0 unspecified atom stereocenters. The minimum atomic E-state index is -1.89. The lowest BCUT2D eigenvalue weighted by Gasteiger charge is -2.72. The molecule has 0 radical (unpaired) electrons. The molecule has 332 valence electrons. The smallest absolute Gasteiger partial charge is 0.315 e. The zero-order valence-electron chi connectivity index (χ0n) is 34.6. The van der Waals surface area contributed by atoms with E-state index in [1.807, 2.05) is 13.8 Å². The predicted octanol–water partition coefficient (Wildman–Crippen LogP) is -0.770. The lowest BCUT2D eigenvalue weighted by atomic mass is 9.33. The van der Waals surface area contributed by atoms with Crippen molar-refractivity contribution < 1.29 is 79.9 Å². The maximum absolute atomic E-state index is 15.1. The largest absolute Gasteiger partial charge is 0.432 e. The highest BCUT2D eigenvalue weighted by Gasteiger charge is 2.73. The molecule has 6 fully saturated rings. The highest BCUT2D eigenvalue weighted by Crippen LogP contribution is 2.76. The summed E-state index contributed by atoms with van der Waals surface area (Å²) >= 11 is 0. The van der Waals surface area contributed by atoms with Crippen molar-refractivity contribution in [1.29, 1.82) is 0 Å². The van der Waals surface area contributed by atoms with E-state index in [2.05, 4.69) is 26.8 Å². The van der Waals surface area contributed by atoms with Crippen LogP contribution >= 0.6 is 0 Å². The van der Waals surface area contributed by atoms with E-state index in [4.69, 9.17) is 18.9 Å². The van der Waals surface area contributed by atoms with Gasteiger partial charge in [-0.05, 0) is 92.3 Å². The van der Waals surface area contributed by atoms with Gasteiger partial charge in [0.2, 0.25) is 6.29 Å². The second kappa shape index (κ2) is 15.2. The van der Waals surface area contributed by atoms with Crippen molar-refractivity contribution in [2.75, 3.05) is 19.8 Å². The molecule has 22 atom stereocenters. The number of aliphatic hydroxyl groups excluding tert-OH is 10. The average Bonchev–Trinajstić information content (AvgIpc) is 3.18. The first-order chi connectivity index (χ1) is 27.0. The van der Waals surface area contributed by atoms with Gasteiger partial charge in [-0.2, -0.15) is 0 Å². The molecule has 16 heteroatoms. The van der Waals surface area contributed by atoms with Crippen molar-refractivity contribution >= 4 is 5.97 Å². The molecule has 11 N–H and O–H groups in total. The monoisotopic (exact) mass is 828 g/mol. The van der Waals surface area contributed by atoms with Crippen LogP contribution in [0.2, 0.25) is 0 Å². The van der Waals surface area contributed by atoms with E-state index in [-0.39, 0.29) is 29.8 Å². The molecule has 4 saturated carbocycles. The van der Waals surface area contributed by atoms with Crippen molar-refractivity contribution in [3.05, 3.63) is 11.6 Å². The number of ether oxygens (including phenoxy) is 4. The summed E-state index contributed by atoms with van der Waals surface area (Å²) in [5.41, 5.74) is -3.94. The Hall–Kier alpha value is -1.35. The third kappa shape index (κ3) is 6.17. The molecule has 0 amide bonds. The molecule has 7 aliphatic rings. The van der Waals surface area contributed by atoms with Crippen molar-refractivity contribution in [1.82, 2.24) is 0 Å². The number of hydrogen-bond acceptors (Lipinski definition) is 16. The van der Waals surface area contributed by atoms with Crippen LogP contribution in [0.1, 0.15) is 92.9 Å². The number of allylic oxidation sites excluding steroid dienone is 1. The molecule has 0 aromatic rings. The van der Waals surface area contributed by atoms with Gasteiger partial charge in [-0.15, -0.1) is 0 Å². The van der Waals surface area contributed by atoms with Crippen LogP contribution in [0.15, 0.2) is 11.6 Å². The fourth-order valence-corrected chi connectivity index (χ4v) is 13.8. The van der Waals surface area contributed by atoms with E-state index in [0.29, 0.717) is 44.9 Å². The fourth-order valence-electron chi connectivity index (χ4n) is 13.8. The minimum absolute atomic E-state index is 0.0465. The Balaban J connectivity index is 1.24. The fraction of sp³-hybridized carbons (Fsp3) is 0.929. The highest BCUT2D eigenvalue weighted by molar-refractivity contribution is 5.79. The van der Waals surface area contributed by atoms with Gasteiger partial charge in [0.25, 0.3) is 0 Å². The average molecular weight is 829 g/mol. The number of rotatable bonds is 7. The van der Waals surface area contributed by atoms with E-state index in [1.165, 1.54) is 0 Å². The van der Waals surface area contributed by atoms with E-state index in [1.54, 1.807) is 6.92 Å². The molecule has 2 saturated heterocycles. The Morgan fingerprint density at radius 1 is 0.776 bits per heavy atom. The molecule has 58 heavy (non-hydrogen) atoms. The molecule has 2 heterocycles. The van der Waals surface area contributed by atoms with Gasteiger partial charge in [-0.3, -0.25) is 4.79 Å². The topological polar surface area (TPSA) is 277 Å². The van der Waals surface area contributed by atoms with Gasteiger partial charge in [0.1, 0.15) is 42.7 Å². The zero-order chi connectivity index (χ0) is 42.7. The molecule has 2 aliphatic heterocycles. The maximum Gasteiger partial charge on any atom is 0.315 e. The number of hydrogen-bond donors (Lipinski definition) is 11. The highest BCUT2D eigenvalue weighted by atomic mass is 16.8. The second-order valence-corrected chi connectivity index (χ2v) is 20.3. The van der Waals surface area contributed by atoms with Crippen LogP contribution in [0.4, 0.5) is 0 Å². The van der Waals surface area contributed by atoms with Crippen molar-refractivity contribution in [2.24, 2.45) is 50.7 Å². The van der Waals surface area contributed by atoms with Gasteiger partial charge >= 0.3 is 5.97 Å². The van der Waals surface area contributed by atoms with Gasteiger partial charge in [0, 0.05) is 11.3 Å². The third-order valence-electron chi connectivity index (χ3n) is 17.7. The Kier molecular flexibility index (Phi) is 11.7. The van der Waals surface area contributed by atoms with E-state index < -0.39 is 126 Å². The predicted molar refractivity (Wildman–Crippen MR) is 202 cm³/mol. The summed E-state index contributed by atoms with van der Waals surface area (Å²) in [5.74, 6) is -1.70. The Labute approximate surface area is 339 Å². The first-order valence-electron chi connectivity index (χ1n) is 21.2. The first-order valence-corrected chi connectivity index (χ1v) is 21.2. The second-order valence-electron chi connectivity index (χ2n) is 20.3. The number of carbonyl (C=O) groups is 1. The Morgan fingerprint density at radius 3 is 2.02 bits per heavy atom. The van der Waals surface area contributed by atoms with Crippen LogP contribution in [0.25, 0.3) is 0 Å². The first kappa shape index (κ1) is 44.7. The van der Waals surface area contributed by atoms with Gasteiger partial charge in [-0.1, -0.05) is 46.3 Å². The zero-order valence-corrected chi connectivity index (χ0v) is 34.6. The number of aliphatic hydroxyl groups is 11. The molecule has 0 spiro atoms. The molecular formula is C42H68O16. The number of fused-ring (bicyclic) bond motifs is 7. The molecule has 0 aromatic heterocycles. The van der Waals surface area contributed by atoms with E-state index in [9.17, 15) is 56.2 Å². The minimum Gasteiger partial charge on any atom is -0.432 e. The normalized spacial score (nSPS) is 56.9. The van der Waals surface area contributed by atoms with Gasteiger partial charge < -0.3 is 75.1 Å². The van der Waals surface area contributed by atoms with Crippen LogP contribution in [-0.4, -0.2) is 161 Å². The van der Waals surface area contributed by atoms with Crippen LogP contribution in [0.3, 0.4) is 0 Å². The summed E-state index contributed by atoms with van der Waals surface area (Å²) in [6, 6.07) is 0. The number of esters is 1. The summed E-state index contributed by atoms with van der Waals surface area (Å²) in [5, 5.41) is 119. The van der Waals surface area contributed by atoms with Gasteiger partial charge in [0.05, 0.1) is 43.0 Å². The van der Waals surface area contributed by atoms with Gasteiger partial charge in [0.15, 0.2) is 12.4 Å². The summed E-state index contributed by atoms with van der Waals surface area (Å²) in [6.45, 7) is 10.5. The lowest BCUT2D eigenvalue weighted by molar-refractivity contribution is -0.364. The molecule has 5 aliphatic carbocycles. The van der Waals surface area contributed by atoms with Crippen LogP contribution in [0.5, 0.6) is 0 Å². The molecular weight excluding hydrogens is 760 g/mol. The van der Waals surface area contributed by atoms with E-state index >= 15 is 4.79 Å². The summed E-state index contributed by atoms with van der Waals surface area (Å²) < 4.78 is 23.4. The van der Waals surface area contributed by atoms with Crippen molar-refractivity contribution in [3.8, 4) is 0 Å². The quantitative estimate of drug-likeness (QED) is 0.111. The SMILES string of the molecule is C[C@@H]1CC[C@]2(C(=O)O[C@@H]3O[C@H](CO)[C@@H](O)[C@H](O)[C@H]3O[C@@H]3O[C@H](CO)[C@@H](O)[C@H](O)[C@H]3O)CC[C@]3(C)C(=CC[C@@H]4[C@@]5(C)C[C@@H](O)[C@H](O)[C@](C)(CO)[C@@H]5CC[C@]43C)[C@@H]2[C@]1(C)O. The summed E-state index contributed by atoms with van der Waals surface area (Å²) in [7, 11) is 0. The maximum atomic E-state index is 15.1. The lowest BCUT2D eigenvalue weighted by Crippen LogP contribution is -2.70. The van der Waals surface area contributed by atoms with Gasteiger partial charge in [-0.25, -0.2) is 0 Å². The molecule has 0 bridgehead atoms. The Morgan fingerprint density at radius 2 is 1.40 bits per heavy atom. The molecule has 0 aromatic carbocycles.